The minimum atomic E-state index is -0.315. The van der Waals surface area contributed by atoms with Gasteiger partial charge < -0.3 is 5.32 Å². The fraction of sp³-hybridized carbons (Fsp3) is 0. The van der Waals surface area contributed by atoms with E-state index in [4.69, 9.17) is 0 Å². The molecule has 2 heterocycles. The van der Waals surface area contributed by atoms with Crippen molar-refractivity contribution in [3.63, 3.8) is 0 Å². The minimum absolute atomic E-state index is 0.304. The van der Waals surface area contributed by atoms with E-state index in [1.807, 2.05) is 0 Å². The molecule has 0 aliphatic carbocycles. The second kappa shape index (κ2) is 5.54. The summed E-state index contributed by atoms with van der Waals surface area (Å²) in [5.74, 6) is -0.619. The van der Waals surface area contributed by atoms with Crippen LogP contribution in [0.4, 0.5) is 10.1 Å². The van der Waals surface area contributed by atoms with Crippen LogP contribution in [-0.2, 0) is 0 Å². The Balaban J connectivity index is 1.78. The molecule has 0 bridgehead atoms. The molecule has 3 aromatic rings. The van der Waals surface area contributed by atoms with Gasteiger partial charge in [0.05, 0.1) is 5.69 Å². The van der Waals surface area contributed by atoms with Gasteiger partial charge in [-0.1, -0.05) is 0 Å². The van der Waals surface area contributed by atoms with Crippen LogP contribution in [0.25, 0.3) is 11.3 Å². The highest BCUT2D eigenvalue weighted by molar-refractivity contribution is 6.03. The number of nitrogens with zero attached hydrogens (tertiary/aromatic N) is 2. The van der Waals surface area contributed by atoms with Crippen LogP contribution in [0.1, 0.15) is 10.5 Å². The Morgan fingerprint density at radius 1 is 1.10 bits per heavy atom. The maximum atomic E-state index is 12.9. The smallest absolute Gasteiger partial charge is 0.273 e. The second-order valence-electron chi connectivity index (χ2n) is 4.36. The molecule has 0 unspecified atom stereocenters. The van der Waals surface area contributed by atoms with Gasteiger partial charge in [-0.05, 0) is 42.5 Å². The Labute approximate surface area is 119 Å². The molecular formula is C15H11FN4O. The molecule has 2 aromatic heterocycles. The molecule has 21 heavy (non-hydrogen) atoms. The van der Waals surface area contributed by atoms with Crippen LogP contribution >= 0.6 is 0 Å². The lowest BCUT2D eigenvalue weighted by Crippen LogP contribution is -2.12. The van der Waals surface area contributed by atoms with E-state index in [-0.39, 0.29) is 11.7 Å². The van der Waals surface area contributed by atoms with E-state index in [1.165, 1.54) is 12.1 Å². The first-order chi connectivity index (χ1) is 10.2. The van der Waals surface area contributed by atoms with Crippen LogP contribution in [0.15, 0.2) is 54.9 Å². The van der Waals surface area contributed by atoms with Crippen LogP contribution < -0.4 is 5.32 Å². The van der Waals surface area contributed by atoms with Gasteiger partial charge in [-0.25, -0.2) is 4.39 Å². The van der Waals surface area contributed by atoms with E-state index in [2.05, 4.69) is 20.5 Å². The van der Waals surface area contributed by atoms with Crippen molar-refractivity contribution < 1.29 is 9.18 Å². The monoisotopic (exact) mass is 282 g/mol. The summed E-state index contributed by atoms with van der Waals surface area (Å²) in [7, 11) is 0. The number of benzene rings is 1. The number of aromatic amines is 1. The van der Waals surface area contributed by atoms with Crippen LogP contribution in [0.3, 0.4) is 0 Å². The first-order valence-electron chi connectivity index (χ1n) is 6.25. The molecule has 3 rings (SSSR count). The van der Waals surface area contributed by atoms with E-state index in [0.717, 1.165) is 5.56 Å². The van der Waals surface area contributed by atoms with Gasteiger partial charge in [0.2, 0.25) is 0 Å². The summed E-state index contributed by atoms with van der Waals surface area (Å²) in [5.41, 5.74) is 2.28. The van der Waals surface area contributed by atoms with Gasteiger partial charge in [0.15, 0.2) is 0 Å². The van der Waals surface area contributed by atoms with Crippen molar-refractivity contribution in [1.29, 1.82) is 0 Å². The first kappa shape index (κ1) is 13.0. The average molecular weight is 282 g/mol. The standard InChI is InChI=1S/C15H11FN4O/c16-11-3-1-10(2-4-11)13-9-14(20-19-13)15(21)18-12-5-7-17-8-6-12/h1-9H,(H,19,20)(H,17,18,21). The summed E-state index contributed by atoms with van der Waals surface area (Å²) in [6.45, 7) is 0. The summed E-state index contributed by atoms with van der Waals surface area (Å²) in [5, 5.41) is 9.45. The van der Waals surface area contributed by atoms with E-state index < -0.39 is 0 Å². The van der Waals surface area contributed by atoms with Crippen molar-refractivity contribution in [3.8, 4) is 11.3 Å². The van der Waals surface area contributed by atoms with E-state index in [0.29, 0.717) is 17.1 Å². The quantitative estimate of drug-likeness (QED) is 0.776. The third kappa shape index (κ3) is 2.94. The number of anilines is 1. The predicted molar refractivity (Wildman–Crippen MR) is 76.2 cm³/mol. The summed E-state index contributed by atoms with van der Waals surface area (Å²) < 4.78 is 12.9. The van der Waals surface area contributed by atoms with E-state index >= 15 is 0 Å². The number of pyridine rings is 1. The molecule has 104 valence electrons. The van der Waals surface area contributed by atoms with Crippen molar-refractivity contribution in [1.82, 2.24) is 15.2 Å². The van der Waals surface area contributed by atoms with Crippen molar-refractivity contribution in [2.45, 2.75) is 0 Å². The lowest BCUT2D eigenvalue weighted by molar-refractivity contribution is 0.102. The lowest BCUT2D eigenvalue weighted by atomic mass is 10.1. The topological polar surface area (TPSA) is 70.7 Å². The van der Waals surface area contributed by atoms with E-state index in [9.17, 15) is 9.18 Å². The molecule has 0 saturated carbocycles. The number of nitrogens with one attached hydrogen (secondary N) is 2. The SMILES string of the molecule is O=C(Nc1ccncc1)c1cc(-c2ccc(F)cc2)n[nH]1. The number of hydrogen-bond acceptors (Lipinski definition) is 3. The Bertz CT molecular complexity index is 753. The van der Waals surface area contributed by atoms with Crippen molar-refractivity contribution >= 4 is 11.6 Å². The fourth-order valence-electron chi connectivity index (χ4n) is 1.84. The number of H-pyrrole nitrogens is 1. The number of rotatable bonds is 3. The first-order valence-corrected chi connectivity index (χ1v) is 6.25. The molecule has 0 spiro atoms. The molecule has 0 atom stereocenters. The number of carbonyl (C=O) groups is 1. The van der Waals surface area contributed by atoms with Gasteiger partial charge in [0.25, 0.3) is 5.91 Å². The van der Waals surface area contributed by atoms with Crippen molar-refractivity contribution in [3.05, 3.63) is 66.4 Å². The Morgan fingerprint density at radius 3 is 2.52 bits per heavy atom. The molecule has 0 saturated heterocycles. The Kier molecular flexibility index (Phi) is 3.42. The van der Waals surface area contributed by atoms with Crippen LogP contribution in [-0.4, -0.2) is 21.1 Å². The zero-order chi connectivity index (χ0) is 14.7. The number of aromatic nitrogens is 3. The molecule has 0 radical (unpaired) electrons. The van der Waals surface area contributed by atoms with Crippen LogP contribution in [0.5, 0.6) is 0 Å². The number of hydrogen-bond donors (Lipinski definition) is 2. The third-order valence-corrected chi connectivity index (χ3v) is 2.90. The largest absolute Gasteiger partial charge is 0.321 e. The van der Waals surface area contributed by atoms with Crippen molar-refractivity contribution in [2.24, 2.45) is 0 Å². The number of carbonyl (C=O) groups excluding carboxylic acids is 1. The van der Waals surface area contributed by atoms with Crippen molar-refractivity contribution in [2.75, 3.05) is 5.32 Å². The molecule has 1 aromatic carbocycles. The Morgan fingerprint density at radius 2 is 1.81 bits per heavy atom. The summed E-state index contributed by atoms with van der Waals surface area (Å²) in [4.78, 5) is 15.9. The van der Waals surface area contributed by atoms with Gasteiger partial charge in [-0.15, -0.1) is 0 Å². The molecule has 0 aliphatic heterocycles. The predicted octanol–water partition coefficient (Wildman–Crippen LogP) is 2.86. The maximum absolute atomic E-state index is 12.9. The normalized spacial score (nSPS) is 10.3. The molecular weight excluding hydrogens is 271 g/mol. The fourth-order valence-corrected chi connectivity index (χ4v) is 1.84. The highest BCUT2D eigenvalue weighted by Gasteiger charge is 2.11. The zero-order valence-corrected chi connectivity index (χ0v) is 10.9. The maximum Gasteiger partial charge on any atom is 0.273 e. The lowest BCUT2D eigenvalue weighted by Gasteiger charge is -2.01. The van der Waals surface area contributed by atoms with Gasteiger partial charge in [-0.2, -0.15) is 5.10 Å². The summed E-state index contributed by atoms with van der Waals surface area (Å²) in [6, 6.07) is 10.9. The Hall–Kier alpha value is -3.02. The molecule has 2 N–H and O–H groups in total. The average Bonchev–Trinajstić information content (AvgIpc) is 2.99. The van der Waals surface area contributed by atoms with Gasteiger partial charge in [-0.3, -0.25) is 14.9 Å². The molecule has 6 heteroatoms. The number of amides is 1. The second-order valence-corrected chi connectivity index (χ2v) is 4.36. The van der Waals surface area contributed by atoms with E-state index in [1.54, 1.807) is 42.7 Å². The van der Waals surface area contributed by atoms with Gasteiger partial charge >= 0.3 is 0 Å². The molecule has 1 amide bonds. The zero-order valence-electron chi connectivity index (χ0n) is 10.9. The number of halogens is 1. The van der Waals surface area contributed by atoms with Gasteiger partial charge in [0, 0.05) is 23.6 Å². The molecule has 0 fully saturated rings. The summed E-state index contributed by atoms with van der Waals surface area (Å²) >= 11 is 0. The van der Waals surface area contributed by atoms with Crippen LogP contribution in [0.2, 0.25) is 0 Å². The van der Waals surface area contributed by atoms with Gasteiger partial charge in [0.1, 0.15) is 11.5 Å². The highest BCUT2D eigenvalue weighted by Crippen LogP contribution is 2.18. The highest BCUT2D eigenvalue weighted by atomic mass is 19.1. The molecule has 0 aliphatic rings. The van der Waals surface area contributed by atoms with Crippen LogP contribution in [0, 0.1) is 5.82 Å². The molecule has 5 nitrogen and oxygen atoms in total. The minimum Gasteiger partial charge on any atom is -0.321 e. The summed E-state index contributed by atoms with van der Waals surface area (Å²) in [6.07, 6.45) is 3.18. The third-order valence-electron chi connectivity index (χ3n) is 2.90.